The highest BCUT2D eigenvalue weighted by Crippen LogP contribution is 2.40. The van der Waals surface area contributed by atoms with E-state index in [4.69, 9.17) is 12.2 Å². The maximum atomic E-state index is 9.20. The van der Waals surface area contributed by atoms with Gasteiger partial charge in [0.2, 0.25) is 0 Å². The lowest BCUT2D eigenvalue weighted by Gasteiger charge is -2.10. The average Bonchev–Trinajstić information content (AvgIpc) is 2.47. The molecule has 78 valence electrons. The second kappa shape index (κ2) is 4.20. The van der Waals surface area contributed by atoms with Gasteiger partial charge < -0.3 is 5.11 Å². The molecule has 0 spiro atoms. The number of allylic oxidation sites excluding steroid dienone is 2. The molecule has 1 N–H and O–H groups in total. The number of aromatic hydroxyl groups is 1. The van der Waals surface area contributed by atoms with Gasteiger partial charge in [-0.15, -0.1) is 25.3 Å². The van der Waals surface area contributed by atoms with Crippen LogP contribution in [0.5, 0.6) is 5.75 Å². The molecule has 1 aromatic rings. The summed E-state index contributed by atoms with van der Waals surface area (Å²) in [6.45, 7) is 0. The third kappa shape index (κ3) is 2.07. The smallest absolute Gasteiger partial charge is 0.115 e. The molecule has 15 heavy (non-hydrogen) atoms. The predicted molar refractivity (Wildman–Crippen MR) is 73.1 cm³/mol. The van der Waals surface area contributed by atoms with Gasteiger partial charge >= 0.3 is 0 Å². The van der Waals surface area contributed by atoms with E-state index in [2.05, 4.69) is 25.3 Å². The van der Waals surface area contributed by atoms with Crippen LogP contribution >= 0.6 is 37.5 Å². The Kier molecular flexibility index (Phi) is 3.09. The summed E-state index contributed by atoms with van der Waals surface area (Å²) in [4.78, 5) is 2.61. The average molecular weight is 254 g/mol. The van der Waals surface area contributed by atoms with Crippen LogP contribution in [-0.2, 0) is 0 Å². The number of phenolic OH excluding ortho intramolecular Hbond substituents is 1. The van der Waals surface area contributed by atoms with Gasteiger partial charge in [0.25, 0.3) is 0 Å². The van der Waals surface area contributed by atoms with E-state index < -0.39 is 0 Å². The van der Waals surface area contributed by atoms with Gasteiger partial charge in [-0.1, -0.05) is 24.4 Å². The van der Waals surface area contributed by atoms with Crippen LogP contribution in [0.15, 0.2) is 34.1 Å². The van der Waals surface area contributed by atoms with Crippen molar-refractivity contribution in [2.45, 2.75) is 12.3 Å². The molecule has 1 atom stereocenters. The lowest BCUT2D eigenvalue weighted by Crippen LogP contribution is -2.03. The molecule has 1 nitrogen and oxygen atoms in total. The number of hydrogen-bond acceptors (Lipinski definition) is 4. The first kappa shape index (κ1) is 11.0. The fourth-order valence-electron chi connectivity index (χ4n) is 1.67. The molecule has 0 saturated heterocycles. The highest BCUT2D eigenvalue weighted by molar-refractivity contribution is 7.92. The fourth-order valence-corrected chi connectivity index (χ4v) is 2.63. The van der Waals surface area contributed by atoms with Crippen molar-refractivity contribution in [2.75, 3.05) is 0 Å². The number of rotatable bonds is 1. The third-order valence-electron chi connectivity index (χ3n) is 2.52. The first-order valence-electron chi connectivity index (χ1n) is 4.54. The molecule has 0 radical (unpaired) electrons. The molecular weight excluding hydrogens is 244 g/mol. The molecule has 0 saturated carbocycles. The Morgan fingerprint density at radius 2 is 1.80 bits per heavy atom. The van der Waals surface area contributed by atoms with Crippen LogP contribution < -0.4 is 0 Å². The number of thiocarbonyl (C=S) groups is 1. The van der Waals surface area contributed by atoms with E-state index in [1.165, 1.54) is 0 Å². The van der Waals surface area contributed by atoms with E-state index >= 15 is 0 Å². The Bertz CT molecular complexity index is 434. The summed E-state index contributed by atoms with van der Waals surface area (Å²) >= 11 is 14.0. The summed E-state index contributed by atoms with van der Waals surface area (Å²) < 4.78 is 0. The van der Waals surface area contributed by atoms with Crippen molar-refractivity contribution in [2.24, 2.45) is 0 Å². The molecule has 0 aromatic heterocycles. The standard InChI is InChI=1S/C11H10OS3/c12-7-3-1-6(2-4-7)8-5-9(13)11(15)10(8)14/h1-4,8,12-13,15H,5H2. The van der Waals surface area contributed by atoms with Crippen molar-refractivity contribution in [1.82, 2.24) is 0 Å². The third-order valence-corrected chi connectivity index (χ3v) is 4.25. The molecule has 1 aliphatic carbocycles. The van der Waals surface area contributed by atoms with E-state index in [-0.39, 0.29) is 11.7 Å². The summed E-state index contributed by atoms with van der Waals surface area (Å²) in [5, 5.41) is 9.20. The SMILES string of the molecule is Oc1ccc(C2CC(S)=C(S)C2=S)cc1. The fraction of sp³-hybridized carbons (Fsp3) is 0.182. The Hall–Kier alpha value is -0.450. The number of hydrogen-bond donors (Lipinski definition) is 3. The van der Waals surface area contributed by atoms with E-state index in [0.29, 0.717) is 0 Å². The Balaban J connectivity index is 2.29. The van der Waals surface area contributed by atoms with Crippen LogP contribution in [-0.4, -0.2) is 9.97 Å². The highest BCUT2D eigenvalue weighted by Gasteiger charge is 2.27. The molecule has 0 amide bonds. The maximum absolute atomic E-state index is 9.20. The lowest BCUT2D eigenvalue weighted by molar-refractivity contribution is 0.475. The van der Waals surface area contributed by atoms with Crippen molar-refractivity contribution in [3.63, 3.8) is 0 Å². The highest BCUT2D eigenvalue weighted by atomic mass is 32.1. The van der Waals surface area contributed by atoms with E-state index in [1.807, 2.05) is 12.1 Å². The number of thiol groups is 2. The molecule has 0 fully saturated rings. The van der Waals surface area contributed by atoms with E-state index in [1.54, 1.807) is 12.1 Å². The van der Waals surface area contributed by atoms with Gasteiger partial charge in [0.15, 0.2) is 0 Å². The number of phenols is 1. The van der Waals surface area contributed by atoms with Gasteiger partial charge in [-0.25, -0.2) is 0 Å². The number of benzene rings is 1. The van der Waals surface area contributed by atoms with Gasteiger partial charge in [-0.3, -0.25) is 0 Å². The first-order valence-corrected chi connectivity index (χ1v) is 5.84. The summed E-state index contributed by atoms with van der Waals surface area (Å²) in [5.74, 6) is 0.452. The zero-order chi connectivity index (χ0) is 11.0. The van der Waals surface area contributed by atoms with E-state index in [9.17, 15) is 5.11 Å². The monoisotopic (exact) mass is 254 g/mol. The van der Waals surface area contributed by atoms with Crippen LogP contribution in [0.25, 0.3) is 0 Å². The van der Waals surface area contributed by atoms with Crippen molar-refractivity contribution >= 4 is 42.3 Å². The molecule has 0 heterocycles. The summed E-state index contributed by atoms with van der Waals surface area (Å²) in [6, 6.07) is 7.12. The molecule has 4 heteroatoms. The zero-order valence-corrected chi connectivity index (χ0v) is 10.4. The Morgan fingerprint density at radius 1 is 1.20 bits per heavy atom. The zero-order valence-electron chi connectivity index (χ0n) is 7.84. The van der Waals surface area contributed by atoms with Gasteiger partial charge in [0.05, 0.1) is 0 Å². The summed E-state index contributed by atoms with van der Waals surface area (Å²) in [6.07, 6.45) is 0.811. The second-order valence-corrected chi connectivity index (χ2v) is 4.93. The quantitative estimate of drug-likeness (QED) is 0.528. The van der Waals surface area contributed by atoms with Crippen LogP contribution in [0.3, 0.4) is 0 Å². The molecular formula is C11H10OS3. The second-order valence-electron chi connectivity index (χ2n) is 3.51. The largest absolute Gasteiger partial charge is 0.508 e. The van der Waals surface area contributed by atoms with E-state index in [0.717, 1.165) is 26.7 Å². The molecule has 1 unspecified atom stereocenters. The topological polar surface area (TPSA) is 20.2 Å². The molecule has 0 aliphatic heterocycles. The van der Waals surface area contributed by atoms with Crippen molar-refractivity contribution in [3.05, 3.63) is 39.6 Å². The van der Waals surface area contributed by atoms with Gasteiger partial charge in [0, 0.05) is 15.7 Å². The molecule has 1 aromatic carbocycles. The Labute approximate surface area is 105 Å². The minimum atomic E-state index is 0.181. The molecule has 1 aliphatic rings. The lowest BCUT2D eigenvalue weighted by atomic mass is 9.97. The van der Waals surface area contributed by atoms with Gasteiger partial charge in [0.1, 0.15) is 5.75 Å². The van der Waals surface area contributed by atoms with Crippen LogP contribution in [0.2, 0.25) is 0 Å². The molecule has 0 bridgehead atoms. The van der Waals surface area contributed by atoms with Crippen LogP contribution in [0.1, 0.15) is 17.9 Å². The maximum Gasteiger partial charge on any atom is 0.115 e. The van der Waals surface area contributed by atoms with Gasteiger partial charge in [-0.05, 0) is 29.0 Å². The summed E-state index contributed by atoms with van der Waals surface area (Å²) in [5.41, 5.74) is 1.11. The van der Waals surface area contributed by atoms with Crippen LogP contribution in [0, 0.1) is 0 Å². The van der Waals surface area contributed by atoms with Crippen molar-refractivity contribution in [1.29, 1.82) is 0 Å². The predicted octanol–water partition coefficient (Wildman–Crippen LogP) is 3.32. The van der Waals surface area contributed by atoms with Gasteiger partial charge in [-0.2, -0.15) is 0 Å². The first-order chi connectivity index (χ1) is 7.09. The minimum absolute atomic E-state index is 0.181. The van der Waals surface area contributed by atoms with Crippen molar-refractivity contribution < 1.29 is 5.11 Å². The normalized spacial score (nSPS) is 21.2. The van der Waals surface area contributed by atoms with Crippen LogP contribution in [0.4, 0.5) is 0 Å². The summed E-state index contributed by atoms with van der Waals surface area (Å²) in [7, 11) is 0. The Morgan fingerprint density at radius 3 is 2.27 bits per heavy atom. The molecule has 2 rings (SSSR count). The minimum Gasteiger partial charge on any atom is -0.508 e. The van der Waals surface area contributed by atoms with Crippen molar-refractivity contribution in [3.8, 4) is 5.75 Å².